The second-order valence-electron chi connectivity index (χ2n) is 6.06. The first kappa shape index (κ1) is 16.2. The lowest BCUT2D eigenvalue weighted by Gasteiger charge is -2.26. The number of rotatable bonds is 3. The maximum absolute atomic E-state index is 12.8. The van der Waals surface area contributed by atoms with Gasteiger partial charge in [0, 0.05) is 19.2 Å². The van der Waals surface area contributed by atoms with E-state index in [1.807, 2.05) is 19.1 Å². The molecule has 126 valence electrons. The number of nitrogens with zero attached hydrogens (tertiary/aromatic N) is 4. The lowest BCUT2D eigenvalue weighted by molar-refractivity contribution is -0.125. The number of nitrogens with one attached hydrogen (secondary N) is 1. The lowest BCUT2D eigenvalue weighted by Crippen LogP contribution is -2.46. The van der Waals surface area contributed by atoms with E-state index in [4.69, 9.17) is 0 Å². The number of carbonyl (C=O) groups excluding carboxylic acids is 2. The highest BCUT2D eigenvalue weighted by atomic mass is 16.2. The molecule has 7 heteroatoms. The average molecular weight is 327 g/mol. The Hall–Kier alpha value is -2.70. The quantitative estimate of drug-likeness (QED) is 0.922. The van der Waals surface area contributed by atoms with E-state index in [1.54, 1.807) is 29.0 Å². The van der Waals surface area contributed by atoms with Gasteiger partial charge in [-0.1, -0.05) is 0 Å². The van der Waals surface area contributed by atoms with Crippen molar-refractivity contribution in [2.45, 2.75) is 32.2 Å². The molecule has 0 saturated carbocycles. The molecule has 1 aromatic carbocycles. The predicted molar refractivity (Wildman–Crippen MR) is 88.8 cm³/mol. The van der Waals surface area contributed by atoms with Crippen molar-refractivity contribution in [3.63, 3.8) is 0 Å². The maximum atomic E-state index is 12.8. The molecule has 1 N–H and O–H groups in total. The molecule has 2 heterocycles. The van der Waals surface area contributed by atoms with Gasteiger partial charge in [-0.3, -0.25) is 9.59 Å². The number of hydrogen-bond acceptors (Lipinski definition) is 4. The molecule has 3 rings (SSSR count). The van der Waals surface area contributed by atoms with Crippen LogP contribution in [-0.2, 0) is 4.79 Å². The SMILES string of the molecule is Cc1cc(-n2cncn2)ccc1C(=O)N(C)C1CCCCNC1=O. The molecule has 1 aliphatic rings. The van der Waals surface area contributed by atoms with E-state index in [9.17, 15) is 9.59 Å². The summed E-state index contributed by atoms with van der Waals surface area (Å²) in [5, 5.41) is 6.96. The molecule has 0 radical (unpaired) electrons. The van der Waals surface area contributed by atoms with Crippen molar-refractivity contribution >= 4 is 11.8 Å². The Bertz CT molecular complexity index is 741. The normalized spacial score (nSPS) is 17.9. The molecule has 24 heavy (non-hydrogen) atoms. The molecule has 1 unspecified atom stereocenters. The second kappa shape index (κ2) is 6.82. The van der Waals surface area contributed by atoms with Crippen molar-refractivity contribution in [2.24, 2.45) is 0 Å². The topological polar surface area (TPSA) is 80.1 Å². The first-order valence-electron chi connectivity index (χ1n) is 8.08. The van der Waals surface area contributed by atoms with Gasteiger partial charge in [0.15, 0.2) is 0 Å². The van der Waals surface area contributed by atoms with Crippen LogP contribution in [-0.4, -0.2) is 51.1 Å². The monoisotopic (exact) mass is 327 g/mol. The molecular formula is C17H21N5O2. The third-order valence-corrected chi connectivity index (χ3v) is 4.42. The maximum Gasteiger partial charge on any atom is 0.254 e. The van der Waals surface area contributed by atoms with E-state index >= 15 is 0 Å². The molecule has 1 aromatic heterocycles. The molecule has 0 aliphatic carbocycles. The van der Waals surface area contributed by atoms with E-state index < -0.39 is 6.04 Å². The first-order chi connectivity index (χ1) is 11.6. The number of likely N-dealkylation sites (N-methyl/N-ethyl adjacent to an activating group) is 1. The van der Waals surface area contributed by atoms with Crippen LogP contribution in [0.4, 0.5) is 0 Å². The van der Waals surface area contributed by atoms with E-state index in [2.05, 4.69) is 15.4 Å². The van der Waals surface area contributed by atoms with Crippen LogP contribution >= 0.6 is 0 Å². The summed E-state index contributed by atoms with van der Waals surface area (Å²) in [6, 6.07) is 5.09. The van der Waals surface area contributed by atoms with Gasteiger partial charge in [-0.2, -0.15) is 5.10 Å². The minimum atomic E-state index is -0.408. The van der Waals surface area contributed by atoms with Crippen molar-refractivity contribution < 1.29 is 9.59 Å². The third-order valence-electron chi connectivity index (χ3n) is 4.42. The number of aromatic nitrogens is 3. The minimum absolute atomic E-state index is 0.0692. The van der Waals surface area contributed by atoms with Crippen molar-refractivity contribution in [1.29, 1.82) is 0 Å². The van der Waals surface area contributed by atoms with Crippen LogP contribution < -0.4 is 5.32 Å². The second-order valence-corrected chi connectivity index (χ2v) is 6.06. The Labute approximate surface area is 140 Å². The molecular weight excluding hydrogens is 306 g/mol. The molecule has 2 amide bonds. The summed E-state index contributed by atoms with van der Waals surface area (Å²) >= 11 is 0. The highest BCUT2D eigenvalue weighted by molar-refractivity contribution is 5.98. The Morgan fingerprint density at radius 2 is 2.21 bits per heavy atom. The molecule has 0 bridgehead atoms. The van der Waals surface area contributed by atoms with Gasteiger partial charge in [0.2, 0.25) is 5.91 Å². The van der Waals surface area contributed by atoms with Gasteiger partial charge in [-0.15, -0.1) is 0 Å². The van der Waals surface area contributed by atoms with Crippen LogP contribution in [0, 0.1) is 6.92 Å². The van der Waals surface area contributed by atoms with Gasteiger partial charge in [-0.05, 0) is 49.9 Å². The number of benzene rings is 1. The minimum Gasteiger partial charge on any atom is -0.354 e. The van der Waals surface area contributed by atoms with E-state index in [0.29, 0.717) is 18.5 Å². The molecule has 1 fully saturated rings. The molecule has 1 aliphatic heterocycles. The standard InChI is InChI=1S/C17H21N5O2/c1-12-9-13(22-11-18-10-20-22)6-7-14(12)17(24)21(2)15-5-3-4-8-19-16(15)23/h6-7,9-11,15H,3-5,8H2,1-2H3,(H,19,23). The molecule has 2 aromatic rings. The lowest BCUT2D eigenvalue weighted by atomic mass is 10.0. The van der Waals surface area contributed by atoms with Gasteiger partial charge >= 0.3 is 0 Å². The van der Waals surface area contributed by atoms with Crippen LogP contribution in [0.2, 0.25) is 0 Å². The molecule has 0 spiro atoms. The Balaban J connectivity index is 1.82. The first-order valence-corrected chi connectivity index (χ1v) is 8.08. The summed E-state index contributed by atoms with van der Waals surface area (Å²) in [5.41, 5.74) is 2.28. The Kier molecular flexibility index (Phi) is 4.59. The third kappa shape index (κ3) is 3.15. The van der Waals surface area contributed by atoms with E-state index in [0.717, 1.165) is 24.1 Å². The van der Waals surface area contributed by atoms with Crippen LogP contribution in [0.5, 0.6) is 0 Å². The summed E-state index contributed by atoms with van der Waals surface area (Å²) in [5.74, 6) is -0.208. The van der Waals surface area contributed by atoms with Crippen LogP contribution in [0.15, 0.2) is 30.9 Å². The Morgan fingerprint density at radius 3 is 2.92 bits per heavy atom. The van der Waals surface area contributed by atoms with E-state index in [-0.39, 0.29) is 11.8 Å². The fourth-order valence-corrected chi connectivity index (χ4v) is 3.00. The summed E-state index contributed by atoms with van der Waals surface area (Å²) in [6.07, 6.45) is 5.66. The van der Waals surface area contributed by atoms with Crippen molar-refractivity contribution in [3.05, 3.63) is 42.0 Å². The van der Waals surface area contributed by atoms with Gasteiger partial charge < -0.3 is 10.2 Å². The summed E-state index contributed by atoms with van der Waals surface area (Å²) in [4.78, 5) is 30.5. The van der Waals surface area contributed by atoms with Crippen molar-refractivity contribution in [2.75, 3.05) is 13.6 Å². The van der Waals surface area contributed by atoms with Crippen LogP contribution in [0.25, 0.3) is 5.69 Å². The van der Waals surface area contributed by atoms with Crippen molar-refractivity contribution in [3.8, 4) is 5.69 Å². The van der Waals surface area contributed by atoms with Crippen molar-refractivity contribution in [1.82, 2.24) is 25.0 Å². The number of hydrogen-bond donors (Lipinski definition) is 1. The van der Waals surface area contributed by atoms with Crippen LogP contribution in [0.3, 0.4) is 0 Å². The number of aryl methyl sites for hydroxylation is 1. The largest absolute Gasteiger partial charge is 0.354 e. The zero-order chi connectivity index (χ0) is 17.1. The summed E-state index contributed by atoms with van der Waals surface area (Å²) in [7, 11) is 1.70. The average Bonchev–Trinajstić information content (AvgIpc) is 3.03. The summed E-state index contributed by atoms with van der Waals surface area (Å²) in [6.45, 7) is 2.57. The van der Waals surface area contributed by atoms with E-state index in [1.165, 1.54) is 6.33 Å². The molecule has 7 nitrogen and oxygen atoms in total. The molecule has 1 atom stereocenters. The zero-order valence-corrected chi connectivity index (χ0v) is 13.9. The fraction of sp³-hybridized carbons (Fsp3) is 0.412. The number of carbonyl (C=O) groups is 2. The zero-order valence-electron chi connectivity index (χ0n) is 13.9. The highest BCUT2D eigenvalue weighted by Crippen LogP contribution is 2.19. The van der Waals surface area contributed by atoms with Gasteiger partial charge in [0.25, 0.3) is 5.91 Å². The van der Waals surface area contributed by atoms with Gasteiger partial charge in [0.05, 0.1) is 5.69 Å². The van der Waals surface area contributed by atoms with Gasteiger partial charge in [0.1, 0.15) is 18.7 Å². The smallest absolute Gasteiger partial charge is 0.254 e. The highest BCUT2D eigenvalue weighted by Gasteiger charge is 2.29. The van der Waals surface area contributed by atoms with Gasteiger partial charge in [-0.25, -0.2) is 9.67 Å². The molecule has 1 saturated heterocycles. The Morgan fingerprint density at radius 1 is 1.38 bits per heavy atom. The van der Waals surface area contributed by atoms with Crippen LogP contribution in [0.1, 0.15) is 35.2 Å². The predicted octanol–water partition coefficient (Wildman–Crippen LogP) is 1.32. The fourth-order valence-electron chi connectivity index (χ4n) is 3.00. The number of amides is 2. The summed E-state index contributed by atoms with van der Waals surface area (Å²) < 4.78 is 1.64.